The zero-order valence-electron chi connectivity index (χ0n) is 37.4. The number of ether oxygens (including phenoxy) is 8. The summed E-state index contributed by atoms with van der Waals surface area (Å²) in [5.74, 6) is 0.0857. The average Bonchev–Trinajstić information content (AvgIpc) is 3.23. The summed E-state index contributed by atoms with van der Waals surface area (Å²) in [6.07, 6.45) is -20.3. The minimum Gasteiger partial charge on any atom is -0.388 e. The van der Waals surface area contributed by atoms with Crippen molar-refractivity contribution in [1.29, 1.82) is 0 Å². The first-order valence-corrected chi connectivity index (χ1v) is 22.3. The van der Waals surface area contributed by atoms with E-state index in [-0.39, 0.29) is 17.3 Å². The number of aliphatic hydroxyl groups excluding tert-OH is 10. The Morgan fingerprint density at radius 2 is 1.11 bits per heavy atom. The van der Waals surface area contributed by atoms with E-state index in [0.29, 0.717) is 19.3 Å². The zero-order chi connectivity index (χ0) is 46.0. The molecule has 4 saturated heterocycles. The van der Waals surface area contributed by atoms with Gasteiger partial charge in [-0.25, -0.2) is 0 Å². The van der Waals surface area contributed by atoms with Crippen LogP contribution in [0.5, 0.6) is 0 Å². The number of hydrogen-bond donors (Lipinski definition) is 10. The lowest BCUT2D eigenvalue weighted by Crippen LogP contribution is -2.66. The molecule has 2 aliphatic carbocycles. The van der Waals surface area contributed by atoms with Crippen LogP contribution in [0.25, 0.3) is 0 Å². The third kappa shape index (κ3) is 9.23. The molecule has 4 heterocycles. The Kier molecular flexibility index (Phi) is 15.5. The van der Waals surface area contributed by atoms with E-state index in [2.05, 4.69) is 40.3 Å². The fraction of sp³-hybridized carbons (Fsp3) is 0.909. The van der Waals surface area contributed by atoms with Gasteiger partial charge >= 0.3 is 0 Å². The molecule has 0 unspecified atom stereocenters. The maximum Gasteiger partial charge on any atom is 0.187 e. The molecule has 0 aromatic carbocycles. The largest absolute Gasteiger partial charge is 0.388 e. The second-order valence-corrected chi connectivity index (χ2v) is 19.6. The molecule has 10 N–H and O–H groups in total. The molecule has 5 fully saturated rings. The van der Waals surface area contributed by atoms with E-state index in [1.807, 2.05) is 6.92 Å². The van der Waals surface area contributed by atoms with Crippen molar-refractivity contribution in [3.63, 3.8) is 0 Å². The summed E-state index contributed by atoms with van der Waals surface area (Å²) in [7, 11) is 0. The summed E-state index contributed by atoms with van der Waals surface area (Å²) >= 11 is 0. The van der Waals surface area contributed by atoms with Crippen LogP contribution in [0.15, 0.2) is 24.3 Å². The first-order chi connectivity index (χ1) is 28.9. The Labute approximate surface area is 364 Å². The molecule has 62 heavy (non-hydrogen) atoms. The smallest absolute Gasteiger partial charge is 0.187 e. The fourth-order valence-electron chi connectivity index (χ4n) is 10.8. The number of hydrogen-bond acceptors (Lipinski definition) is 18. The number of rotatable bonds is 12. The van der Waals surface area contributed by atoms with Gasteiger partial charge in [0.1, 0.15) is 73.2 Å². The highest BCUT2D eigenvalue weighted by atomic mass is 16.8. The van der Waals surface area contributed by atoms with E-state index in [1.165, 1.54) is 13.8 Å². The minimum atomic E-state index is -1.73. The Morgan fingerprint density at radius 3 is 1.63 bits per heavy atom. The lowest BCUT2D eigenvalue weighted by Gasteiger charge is -2.62. The molecule has 0 amide bonds. The SMILES string of the molecule is C=C[C@](C)(CC[C@]1(C)[C@@H](C)C[C@H](O[C@@H]2O[C@@H](C)[C@H](O[C@@H]3O[C@H](C)[C@H](O)[C@H](O)[C@H]3O)[C@@H](O)[C@H]2O[C@@H]2O[C@H](C)[C@H](O)[C@H](O)[C@H]2O)[C@]2(C)C(C)=CCC[C@@H]12)O[C@@H]1O[C@H](C)[C@H](O)[C@H](O)[C@H]1O. The van der Waals surface area contributed by atoms with Crippen LogP contribution >= 0.6 is 0 Å². The van der Waals surface area contributed by atoms with Gasteiger partial charge in [0.15, 0.2) is 25.2 Å². The maximum absolute atomic E-state index is 12.1. The van der Waals surface area contributed by atoms with Gasteiger partial charge in [-0.05, 0) is 90.9 Å². The molecule has 0 bridgehead atoms. The Bertz CT molecular complexity index is 1550. The van der Waals surface area contributed by atoms with Gasteiger partial charge in [-0.15, -0.1) is 6.58 Å². The van der Waals surface area contributed by atoms with Gasteiger partial charge in [0.2, 0.25) is 0 Å². The second kappa shape index (κ2) is 19.2. The van der Waals surface area contributed by atoms with Crippen LogP contribution in [0.4, 0.5) is 0 Å². The Balaban J connectivity index is 1.26. The third-order valence-electron chi connectivity index (χ3n) is 15.7. The van der Waals surface area contributed by atoms with Crippen LogP contribution in [-0.4, -0.2) is 186 Å². The quantitative estimate of drug-likeness (QED) is 0.114. The van der Waals surface area contributed by atoms with Crippen molar-refractivity contribution >= 4 is 0 Å². The van der Waals surface area contributed by atoms with Gasteiger partial charge in [0, 0.05) is 5.41 Å². The van der Waals surface area contributed by atoms with Crippen molar-refractivity contribution in [2.24, 2.45) is 22.7 Å². The van der Waals surface area contributed by atoms with E-state index in [1.54, 1.807) is 19.9 Å². The monoisotopic (exact) mass is 890 g/mol. The molecule has 358 valence electrons. The molecular formula is C44H74O18. The fourth-order valence-corrected chi connectivity index (χ4v) is 10.8. The lowest BCUT2D eigenvalue weighted by molar-refractivity contribution is -0.390. The first-order valence-electron chi connectivity index (χ1n) is 22.3. The predicted molar refractivity (Wildman–Crippen MR) is 217 cm³/mol. The van der Waals surface area contributed by atoms with Gasteiger partial charge in [0.05, 0.1) is 36.1 Å². The van der Waals surface area contributed by atoms with Crippen LogP contribution in [0, 0.1) is 22.7 Å². The van der Waals surface area contributed by atoms with Crippen LogP contribution in [-0.2, 0) is 37.9 Å². The second-order valence-electron chi connectivity index (χ2n) is 19.6. The van der Waals surface area contributed by atoms with Crippen molar-refractivity contribution in [3.05, 3.63) is 24.3 Å². The van der Waals surface area contributed by atoms with E-state index in [4.69, 9.17) is 37.9 Å². The number of allylic oxidation sites excluding steroid dienone is 1. The molecular weight excluding hydrogens is 816 g/mol. The van der Waals surface area contributed by atoms with Crippen LogP contribution in [0.3, 0.4) is 0 Å². The van der Waals surface area contributed by atoms with E-state index < -0.39 is 140 Å². The van der Waals surface area contributed by atoms with E-state index >= 15 is 0 Å². The van der Waals surface area contributed by atoms with E-state index in [0.717, 1.165) is 18.4 Å². The van der Waals surface area contributed by atoms with Crippen LogP contribution < -0.4 is 0 Å². The predicted octanol–water partition coefficient (Wildman–Crippen LogP) is -0.120. The highest BCUT2D eigenvalue weighted by Crippen LogP contribution is 2.63. The Morgan fingerprint density at radius 1 is 0.645 bits per heavy atom. The molecule has 26 atom stereocenters. The van der Waals surface area contributed by atoms with Gasteiger partial charge in [-0.3, -0.25) is 0 Å². The molecule has 4 aliphatic heterocycles. The standard InChI is InChI=1S/C44H74O18/c1-11-42(8,62-40-34(53)31(50)28(47)22(6)57-40)15-16-43(9)19(3)17-25(44(10)18(2)13-12-14-24(43)44)59-41-37(61-39-33(52)30(49)27(46)21(5)56-39)35(54)36(23(7)58-41)60-38-32(51)29(48)26(45)20(4)55-38/h11,13,19-41,45-54H,1,12,14-17H2,2-10H3/t19-,20+,21+,22+,23-,24-,25-,26-,27-,28-,29-,30-,31-,32+,33+,34+,35+,36-,37+,38-,39-,40-,41-,42+,43+,44+/m0/s1. The molecule has 0 spiro atoms. The molecule has 0 aromatic rings. The third-order valence-corrected chi connectivity index (χ3v) is 15.7. The van der Waals surface area contributed by atoms with Gasteiger partial charge < -0.3 is 89.0 Å². The average molecular weight is 891 g/mol. The molecule has 18 nitrogen and oxygen atoms in total. The van der Waals surface area contributed by atoms with Gasteiger partial charge in [-0.1, -0.05) is 38.5 Å². The molecule has 0 aromatic heterocycles. The van der Waals surface area contributed by atoms with Crippen molar-refractivity contribution in [2.45, 2.75) is 229 Å². The first kappa shape index (κ1) is 50.2. The Hall–Kier alpha value is -1.24. The number of fused-ring (bicyclic) bond motifs is 1. The topological polar surface area (TPSA) is 276 Å². The summed E-state index contributed by atoms with van der Waals surface area (Å²) in [4.78, 5) is 0. The zero-order valence-corrected chi connectivity index (χ0v) is 37.4. The number of aliphatic hydroxyl groups is 10. The normalized spacial score (nSPS) is 53.6. The molecule has 0 radical (unpaired) electrons. The summed E-state index contributed by atoms with van der Waals surface area (Å²) in [5.41, 5.74) is -0.753. The highest BCUT2D eigenvalue weighted by molar-refractivity contribution is 5.24. The molecule has 6 aliphatic rings. The maximum atomic E-state index is 12.1. The summed E-state index contributed by atoms with van der Waals surface area (Å²) in [6, 6.07) is 0. The minimum absolute atomic E-state index is 0.0372. The van der Waals surface area contributed by atoms with Crippen molar-refractivity contribution in [2.75, 3.05) is 0 Å². The summed E-state index contributed by atoms with van der Waals surface area (Å²) < 4.78 is 49.5. The van der Waals surface area contributed by atoms with Crippen LogP contribution in [0.1, 0.15) is 94.4 Å². The lowest BCUT2D eigenvalue weighted by atomic mass is 9.45. The van der Waals surface area contributed by atoms with Gasteiger partial charge in [0.25, 0.3) is 0 Å². The van der Waals surface area contributed by atoms with Crippen molar-refractivity contribution < 1.29 is 89.0 Å². The molecule has 6 rings (SSSR count). The summed E-state index contributed by atoms with van der Waals surface area (Å²) in [5, 5.41) is 107. The molecule has 1 saturated carbocycles. The highest BCUT2D eigenvalue weighted by Gasteiger charge is 2.61. The van der Waals surface area contributed by atoms with Gasteiger partial charge in [-0.2, -0.15) is 0 Å². The molecule has 18 heteroatoms. The van der Waals surface area contributed by atoms with E-state index in [9.17, 15) is 51.1 Å². The van der Waals surface area contributed by atoms with Crippen molar-refractivity contribution in [3.8, 4) is 0 Å². The van der Waals surface area contributed by atoms with Crippen molar-refractivity contribution in [1.82, 2.24) is 0 Å². The summed E-state index contributed by atoms with van der Waals surface area (Å²) in [6.45, 7) is 20.8. The van der Waals surface area contributed by atoms with Crippen LogP contribution in [0.2, 0.25) is 0 Å².